The third-order valence-corrected chi connectivity index (χ3v) is 2.61. The van der Waals surface area contributed by atoms with Crippen molar-refractivity contribution in [1.29, 1.82) is 0 Å². The van der Waals surface area contributed by atoms with Crippen molar-refractivity contribution < 1.29 is 14.3 Å². The molecule has 0 aromatic heterocycles. The molecule has 1 atom stereocenters. The fourth-order valence-corrected chi connectivity index (χ4v) is 1.68. The first kappa shape index (κ1) is 10.9. The monoisotopic (exact) mass is 224 g/mol. The molecule has 0 saturated carbocycles. The van der Waals surface area contributed by atoms with Gasteiger partial charge >= 0.3 is 0 Å². The van der Waals surface area contributed by atoms with E-state index in [4.69, 9.17) is 0 Å². The van der Waals surface area contributed by atoms with Crippen LogP contribution in [-0.4, -0.2) is 29.8 Å². The van der Waals surface area contributed by atoms with Gasteiger partial charge in [0.25, 0.3) is 5.91 Å². The van der Waals surface area contributed by atoms with Gasteiger partial charge in [0.15, 0.2) is 0 Å². The van der Waals surface area contributed by atoms with E-state index in [1.807, 2.05) is 0 Å². The normalized spacial score (nSPS) is 24.3. The highest BCUT2D eigenvalue weighted by Crippen LogP contribution is 2.23. The Labute approximate surface area is 92.5 Å². The zero-order chi connectivity index (χ0) is 11.6. The number of hydrogen-bond acceptors (Lipinski definition) is 3. The van der Waals surface area contributed by atoms with Crippen LogP contribution in [0.4, 0.5) is 10.1 Å². The Balaban J connectivity index is 2.07. The van der Waals surface area contributed by atoms with E-state index in [1.165, 1.54) is 12.1 Å². The lowest BCUT2D eigenvalue weighted by atomic mass is 10.0. The molecule has 0 aliphatic carbocycles. The van der Waals surface area contributed by atoms with Crippen LogP contribution in [0.25, 0.3) is 0 Å². The number of aromatic hydroxyl groups is 1. The maximum Gasteiger partial charge on any atom is 0.263 e. The Hall–Kier alpha value is -1.62. The van der Waals surface area contributed by atoms with Crippen molar-refractivity contribution in [2.75, 3.05) is 18.4 Å². The van der Waals surface area contributed by atoms with Crippen LogP contribution in [0.2, 0.25) is 0 Å². The molecule has 4 nitrogen and oxygen atoms in total. The Morgan fingerprint density at radius 2 is 2.38 bits per heavy atom. The minimum atomic E-state index is -1.84. The van der Waals surface area contributed by atoms with Gasteiger partial charge in [-0.3, -0.25) is 4.79 Å². The molecule has 1 saturated heterocycles. The molecule has 0 radical (unpaired) electrons. The summed E-state index contributed by atoms with van der Waals surface area (Å²) in [5.41, 5.74) is -1.44. The molecule has 3 N–H and O–H groups in total. The quantitative estimate of drug-likeness (QED) is 0.703. The first-order valence-corrected chi connectivity index (χ1v) is 5.10. The second-order valence-corrected chi connectivity index (χ2v) is 3.90. The summed E-state index contributed by atoms with van der Waals surface area (Å²) >= 11 is 0. The summed E-state index contributed by atoms with van der Waals surface area (Å²) in [7, 11) is 0. The van der Waals surface area contributed by atoms with Crippen LogP contribution in [0.5, 0.6) is 5.75 Å². The Morgan fingerprint density at radius 3 is 3.00 bits per heavy atom. The lowest BCUT2D eigenvalue weighted by molar-refractivity contribution is -0.126. The number of benzene rings is 1. The summed E-state index contributed by atoms with van der Waals surface area (Å²) in [5.74, 6) is -0.627. The molecule has 0 spiro atoms. The fraction of sp³-hybridized carbons (Fsp3) is 0.364. The minimum absolute atomic E-state index is 0.0373. The van der Waals surface area contributed by atoms with Crippen molar-refractivity contribution >= 4 is 11.6 Å². The van der Waals surface area contributed by atoms with E-state index in [1.54, 1.807) is 12.1 Å². The van der Waals surface area contributed by atoms with Crippen LogP contribution >= 0.6 is 0 Å². The summed E-state index contributed by atoms with van der Waals surface area (Å²) in [6.07, 6.45) is 0.178. The summed E-state index contributed by atoms with van der Waals surface area (Å²) in [5, 5.41) is 14.5. The fourth-order valence-electron chi connectivity index (χ4n) is 1.68. The molecule has 86 valence electrons. The summed E-state index contributed by atoms with van der Waals surface area (Å²) in [6.45, 7) is 0.543. The molecule has 1 fully saturated rings. The predicted octanol–water partition coefficient (Wildman–Crippen LogP) is 1.03. The SMILES string of the molecule is O=C(Nc1cccc(O)c1)C1(F)CCNC1. The second kappa shape index (κ2) is 4.09. The van der Waals surface area contributed by atoms with Gasteiger partial charge in [-0.2, -0.15) is 0 Å². The zero-order valence-corrected chi connectivity index (χ0v) is 8.66. The number of alkyl halides is 1. The molecule has 0 bridgehead atoms. The number of carbonyl (C=O) groups excluding carboxylic acids is 1. The number of nitrogens with one attached hydrogen (secondary N) is 2. The maximum absolute atomic E-state index is 14.0. The molecular formula is C11H13FN2O2. The van der Waals surface area contributed by atoms with Crippen LogP contribution in [0.3, 0.4) is 0 Å². The van der Waals surface area contributed by atoms with Gasteiger partial charge in [-0.15, -0.1) is 0 Å². The number of phenolic OH excluding ortho intramolecular Hbond substituents is 1. The third-order valence-electron chi connectivity index (χ3n) is 2.61. The van der Waals surface area contributed by atoms with Crippen LogP contribution in [0, 0.1) is 0 Å². The smallest absolute Gasteiger partial charge is 0.263 e. The van der Waals surface area contributed by atoms with Crippen molar-refractivity contribution in [3.05, 3.63) is 24.3 Å². The highest BCUT2D eigenvalue weighted by Gasteiger charge is 2.41. The van der Waals surface area contributed by atoms with Crippen molar-refractivity contribution in [3.8, 4) is 5.75 Å². The van der Waals surface area contributed by atoms with Gasteiger partial charge in [-0.05, 0) is 18.7 Å². The van der Waals surface area contributed by atoms with Gasteiger partial charge in [-0.1, -0.05) is 6.07 Å². The number of amides is 1. The molecule has 1 heterocycles. The largest absolute Gasteiger partial charge is 0.508 e. The van der Waals surface area contributed by atoms with Gasteiger partial charge in [0.1, 0.15) is 5.75 Å². The van der Waals surface area contributed by atoms with E-state index in [0.29, 0.717) is 12.2 Å². The highest BCUT2D eigenvalue weighted by molar-refractivity contribution is 5.97. The molecule has 16 heavy (non-hydrogen) atoms. The maximum atomic E-state index is 14.0. The van der Waals surface area contributed by atoms with Crippen LogP contribution in [0.1, 0.15) is 6.42 Å². The summed E-state index contributed by atoms with van der Waals surface area (Å²) in [6, 6.07) is 6.05. The second-order valence-electron chi connectivity index (χ2n) is 3.90. The van der Waals surface area contributed by atoms with Gasteiger partial charge < -0.3 is 15.7 Å². The van der Waals surface area contributed by atoms with E-state index in [-0.39, 0.29) is 18.7 Å². The topological polar surface area (TPSA) is 61.4 Å². The summed E-state index contributed by atoms with van der Waals surface area (Å²) in [4.78, 5) is 11.6. The molecule has 1 aromatic carbocycles. The number of hydrogen-bond donors (Lipinski definition) is 3. The van der Waals surface area contributed by atoms with Crippen molar-refractivity contribution in [3.63, 3.8) is 0 Å². The van der Waals surface area contributed by atoms with Gasteiger partial charge in [0.2, 0.25) is 5.67 Å². The van der Waals surface area contributed by atoms with E-state index in [9.17, 15) is 14.3 Å². The average Bonchev–Trinajstić information content (AvgIpc) is 2.66. The van der Waals surface area contributed by atoms with Crippen LogP contribution in [-0.2, 0) is 4.79 Å². The molecule has 1 amide bonds. The van der Waals surface area contributed by atoms with Gasteiger partial charge in [0.05, 0.1) is 0 Å². The van der Waals surface area contributed by atoms with Crippen molar-refractivity contribution in [2.45, 2.75) is 12.1 Å². The van der Waals surface area contributed by atoms with E-state index in [2.05, 4.69) is 10.6 Å². The molecule has 1 aliphatic heterocycles. The third kappa shape index (κ3) is 2.14. The minimum Gasteiger partial charge on any atom is -0.508 e. The Morgan fingerprint density at radius 1 is 1.56 bits per heavy atom. The van der Waals surface area contributed by atoms with Gasteiger partial charge in [0, 0.05) is 24.7 Å². The average molecular weight is 224 g/mol. The molecular weight excluding hydrogens is 211 g/mol. The van der Waals surface area contributed by atoms with Crippen LogP contribution < -0.4 is 10.6 Å². The number of anilines is 1. The summed E-state index contributed by atoms with van der Waals surface area (Å²) < 4.78 is 14.0. The Bertz CT molecular complexity index is 403. The number of rotatable bonds is 2. The van der Waals surface area contributed by atoms with E-state index in [0.717, 1.165) is 0 Å². The lowest BCUT2D eigenvalue weighted by Gasteiger charge is -2.17. The molecule has 2 rings (SSSR count). The molecule has 1 aliphatic rings. The first-order chi connectivity index (χ1) is 7.60. The molecule has 1 unspecified atom stereocenters. The van der Waals surface area contributed by atoms with E-state index < -0.39 is 11.6 Å². The lowest BCUT2D eigenvalue weighted by Crippen LogP contribution is -2.40. The molecule has 5 heteroatoms. The highest BCUT2D eigenvalue weighted by atomic mass is 19.1. The van der Waals surface area contributed by atoms with Crippen LogP contribution in [0.15, 0.2) is 24.3 Å². The number of carbonyl (C=O) groups is 1. The standard InChI is InChI=1S/C11H13FN2O2/c12-11(4-5-13-7-11)10(16)14-8-2-1-3-9(15)6-8/h1-3,6,13,15H,4-5,7H2,(H,14,16). The van der Waals surface area contributed by atoms with Crippen molar-refractivity contribution in [1.82, 2.24) is 5.32 Å². The Kier molecular flexibility index (Phi) is 2.78. The van der Waals surface area contributed by atoms with Gasteiger partial charge in [-0.25, -0.2) is 4.39 Å². The number of phenols is 1. The first-order valence-electron chi connectivity index (χ1n) is 5.10. The zero-order valence-electron chi connectivity index (χ0n) is 8.66. The number of halogens is 1. The van der Waals surface area contributed by atoms with Crippen molar-refractivity contribution in [2.24, 2.45) is 0 Å². The predicted molar refractivity (Wildman–Crippen MR) is 58.1 cm³/mol. The molecule has 1 aromatic rings. The van der Waals surface area contributed by atoms with E-state index >= 15 is 0 Å².